The van der Waals surface area contributed by atoms with E-state index in [0.717, 1.165) is 12.3 Å². The molecule has 2 heterocycles. The first kappa shape index (κ1) is 20.0. The monoisotopic (exact) mass is 373 g/mol. The molecule has 0 saturated carbocycles. The summed E-state index contributed by atoms with van der Waals surface area (Å²) in [5.41, 5.74) is -0.731. The average Bonchev–Trinajstić information content (AvgIpc) is 2.58. The van der Waals surface area contributed by atoms with Crippen LogP contribution in [0.3, 0.4) is 0 Å². The zero-order valence-corrected chi connectivity index (χ0v) is 15.1. The summed E-state index contributed by atoms with van der Waals surface area (Å²) in [6.07, 6.45) is -3.44. The minimum atomic E-state index is -4.38. The Bertz CT molecular complexity index is 638. The van der Waals surface area contributed by atoms with E-state index in [-0.39, 0.29) is 17.7 Å². The Morgan fingerprint density at radius 3 is 2.19 bits per heavy atom. The highest BCUT2D eigenvalue weighted by Gasteiger charge is 2.34. The number of hydrogen-bond acceptors (Lipinski definition) is 3. The first-order chi connectivity index (χ1) is 12.1. The van der Waals surface area contributed by atoms with Gasteiger partial charge in [-0.1, -0.05) is 13.8 Å². The molecule has 2 amide bonds. The summed E-state index contributed by atoms with van der Waals surface area (Å²) in [6.45, 7) is 6.99. The zero-order valence-electron chi connectivity index (χ0n) is 15.1. The van der Waals surface area contributed by atoms with Gasteiger partial charge in [0.25, 0.3) is 5.82 Å². The maximum atomic E-state index is 12.6. The van der Waals surface area contributed by atoms with Gasteiger partial charge in [0.15, 0.2) is 0 Å². The van der Waals surface area contributed by atoms with E-state index in [1.165, 1.54) is 13.0 Å². The number of carbonyl (C=O) groups is 2. The number of aromatic nitrogens is 1. The van der Waals surface area contributed by atoms with Crippen molar-refractivity contribution in [3.63, 3.8) is 0 Å². The average molecular weight is 373 g/mol. The number of halogens is 3. The van der Waals surface area contributed by atoms with Crippen molar-refractivity contribution in [2.75, 3.05) is 31.1 Å². The van der Waals surface area contributed by atoms with Crippen molar-refractivity contribution in [2.45, 2.75) is 33.0 Å². The Morgan fingerprint density at radius 2 is 1.77 bits per heavy atom. The maximum Gasteiger partial charge on any atom is 0.419 e. The topological polar surface area (TPSA) is 66.8 Å². The largest absolute Gasteiger partial charge is 0.419 e. The maximum absolute atomic E-state index is 12.6. The normalized spacial score (nSPS) is 16.6. The molecule has 1 aromatic rings. The number of H-pyrrole nitrogens is 1. The molecule has 1 fully saturated rings. The highest BCUT2D eigenvalue weighted by Crippen LogP contribution is 2.28. The van der Waals surface area contributed by atoms with E-state index in [2.05, 4.69) is 10.3 Å². The Labute approximate surface area is 150 Å². The van der Waals surface area contributed by atoms with Crippen molar-refractivity contribution in [3.8, 4) is 0 Å². The highest BCUT2D eigenvalue weighted by molar-refractivity contribution is 5.87. The molecule has 1 aliphatic rings. The van der Waals surface area contributed by atoms with Gasteiger partial charge in [0, 0.05) is 13.0 Å². The molecule has 0 aromatic carbocycles. The zero-order chi connectivity index (χ0) is 19.5. The molecule has 1 saturated heterocycles. The van der Waals surface area contributed by atoms with Gasteiger partial charge in [-0.2, -0.15) is 13.2 Å². The van der Waals surface area contributed by atoms with Crippen LogP contribution in [0.1, 0.15) is 26.3 Å². The van der Waals surface area contributed by atoms with Gasteiger partial charge in [-0.05, 0) is 12.0 Å². The van der Waals surface area contributed by atoms with Crippen molar-refractivity contribution in [3.05, 3.63) is 23.9 Å². The second-order valence-corrected chi connectivity index (χ2v) is 6.69. The van der Waals surface area contributed by atoms with Crippen molar-refractivity contribution in [1.29, 1.82) is 0 Å². The molecule has 0 radical (unpaired) electrons. The molecule has 144 valence electrons. The predicted molar refractivity (Wildman–Crippen MR) is 89.2 cm³/mol. The van der Waals surface area contributed by atoms with Gasteiger partial charge >= 0.3 is 6.18 Å². The van der Waals surface area contributed by atoms with Gasteiger partial charge in [-0.3, -0.25) is 14.5 Å². The number of rotatable bonds is 4. The summed E-state index contributed by atoms with van der Waals surface area (Å²) in [7, 11) is 0. The van der Waals surface area contributed by atoms with Crippen LogP contribution in [-0.2, 0) is 15.8 Å². The molecule has 1 aromatic heterocycles. The van der Waals surface area contributed by atoms with E-state index in [1.54, 1.807) is 4.90 Å². The molecule has 0 unspecified atom stereocenters. The summed E-state index contributed by atoms with van der Waals surface area (Å²) in [5.74, 6) is 0.154. The lowest BCUT2D eigenvalue weighted by Gasteiger charge is -2.34. The third-order valence-electron chi connectivity index (χ3n) is 4.35. The Morgan fingerprint density at radius 1 is 1.15 bits per heavy atom. The van der Waals surface area contributed by atoms with Crippen molar-refractivity contribution >= 4 is 17.6 Å². The Balaban J connectivity index is 1.98. The van der Waals surface area contributed by atoms with Gasteiger partial charge in [-0.25, -0.2) is 4.98 Å². The number of hydrogen-bond donors (Lipinski definition) is 1. The van der Waals surface area contributed by atoms with Crippen LogP contribution >= 0.6 is 0 Å². The number of aromatic amines is 1. The minimum absolute atomic E-state index is 0.0346. The molecule has 1 atom stereocenters. The van der Waals surface area contributed by atoms with Crippen molar-refractivity contribution in [2.24, 2.45) is 5.92 Å². The van der Waals surface area contributed by atoms with Crippen LogP contribution in [0.15, 0.2) is 18.3 Å². The fourth-order valence-electron chi connectivity index (χ4n) is 2.89. The van der Waals surface area contributed by atoms with Crippen molar-refractivity contribution in [1.82, 2.24) is 10.2 Å². The summed E-state index contributed by atoms with van der Waals surface area (Å²) in [4.78, 5) is 30.2. The van der Waals surface area contributed by atoms with E-state index in [1.807, 2.05) is 18.7 Å². The summed E-state index contributed by atoms with van der Waals surface area (Å²) in [5, 5.41) is 2.68. The molecule has 2 N–H and O–H groups in total. The highest BCUT2D eigenvalue weighted by atomic mass is 19.4. The van der Waals surface area contributed by atoms with Crippen LogP contribution in [0.5, 0.6) is 0 Å². The molecule has 1 aliphatic heterocycles. The van der Waals surface area contributed by atoms with Crippen LogP contribution in [0.25, 0.3) is 0 Å². The predicted octanol–water partition coefficient (Wildman–Crippen LogP) is 1.33. The smallest absolute Gasteiger partial charge is 0.344 e. The lowest BCUT2D eigenvalue weighted by atomic mass is 10.0. The van der Waals surface area contributed by atoms with Crippen LogP contribution in [0.2, 0.25) is 0 Å². The number of nitrogens with zero attached hydrogens (tertiary/aromatic N) is 2. The fraction of sp³-hybridized carbons (Fsp3) is 0.588. The second kappa shape index (κ2) is 7.92. The van der Waals surface area contributed by atoms with E-state index in [4.69, 9.17) is 0 Å². The number of nitrogens with one attached hydrogen (secondary N) is 2. The first-order valence-electron chi connectivity index (χ1n) is 8.49. The number of carbonyl (C=O) groups excluding carboxylic acids is 2. The second-order valence-electron chi connectivity index (χ2n) is 6.69. The Hall–Kier alpha value is -2.32. The third kappa shape index (κ3) is 4.86. The van der Waals surface area contributed by atoms with Crippen LogP contribution < -0.4 is 15.2 Å². The van der Waals surface area contributed by atoms with Gasteiger partial charge in [0.05, 0.1) is 18.7 Å². The van der Waals surface area contributed by atoms with E-state index in [9.17, 15) is 22.8 Å². The molecular weight excluding hydrogens is 349 g/mol. The fourth-order valence-corrected chi connectivity index (χ4v) is 2.89. The molecule has 0 aliphatic carbocycles. The quantitative estimate of drug-likeness (QED) is 0.866. The molecule has 9 heteroatoms. The standard InChI is InChI=1S/C17H23F3N4O2/c1-11(2)15(22-12(3)25)16(26)24-8-6-23(7-9-24)14-5-4-13(10-21-14)17(18,19)20/h4-5,10-11,15H,6-9H2,1-3H3,(H,22,25)/p+1/t15-/m1/s1. The van der Waals surface area contributed by atoms with Crippen LogP contribution in [0.4, 0.5) is 19.0 Å². The van der Waals surface area contributed by atoms with Gasteiger partial charge in [0.2, 0.25) is 11.8 Å². The number of piperazine rings is 1. The molecule has 26 heavy (non-hydrogen) atoms. The molecule has 6 nitrogen and oxygen atoms in total. The summed E-state index contributed by atoms with van der Waals surface area (Å²) < 4.78 is 37.9. The minimum Gasteiger partial charge on any atom is -0.344 e. The van der Waals surface area contributed by atoms with Crippen molar-refractivity contribution < 1.29 is 27.7 Å². The molecule has 0 spiro atoms. The van der Waals surface area contributed by atoms with Gasteiger partial charge in [-0.15, -0.1) is 0 Å². The summed E-state index contributed by atoms with van der Waals surface area (Å²) >= 11 is 0. The molecular formula is C17H24F3N4O2+. The van der Waals surface area contributed by atoms with Gasteiger partial charge in [0.1, 0.15) is 25.3 Å². The number of amides is 2. The van der Waals surface area contributed by atoms with Gasteiger partial charge < -0.3 is 10.2 Å². The first-order valence-corrected chi connectivity index (χ1v) is 8.49. The number of alkyl halides is 3. The number of anilines is 1. The SMILES string of the molecule is CC(=O)N[C@@H](C(=O)N1CCN(c2ccc(C(F)(F)F)c[nH+]2)CC1)C(C)C. The lowest BCUT2D eigenvalue weighted by Crippen LogP contribution is -2.56. The van der Waals surface area contributed by atoms with Crippen LogP contribution in [-0.4, -0.2) is 48.9 Å². The van der Waals surface area contributed by atoms with E-state index in [0.29, 0.717) is 32.0 Å². The lowest BCUT2D eigenvalue weighted by molar-refractivity contribution is -0.367. The van der Waals surface area contributed by atoms with E-state index < -0.39 is 17.8 Å². The van der Waals surface area contributed by atoms with Crippen LogP contribution in [0, 0.1) is 5.92 Å². The third-order valence-corrected chi connectivity index (χ3v) is 4.35. The Kier molecular flexibility index (Phi) is 6.09. The molecule has 2 rings (SSSR count). The molecule has 0 bridgehead atoms. The van der Waals surface area contributed by atoms with E-state index >= 15 is 0 Å². The summed E-state index contributed by atoms with van der Waals surface area (Å²) in [6, 6.07) is 1.86. The number of pyridine rings is 1.